The van der Waals surface area contributed by atoms with Gasteiger partial charge in [-0.25, -0.2) is 0 Å². The first-order chi connectivity index (χ1) is 10.2. The summed E-state index contributed by atoms with van der Waals surface area (Å²) in [6.07, 6.45) is 0. The van der Waals surface area contributed by atoms with Gasteiger partial charge < -0.3 is 0 Å². The summed E-state index contributed by atoms with van der Waals surface area (Å²) in [7, 11) is 3.03. The van der Waals surface area contributed by atoms with Crippen LogP contribution in [0, 0.1) is 0 Å². The SMILES string of the molecule is Br.PC(c1ccccc1)(c1ccccc1)c1ccc(Cl)cc1. The molecule has 0 aromatic heterocycles. The van der Waals surface area contributed by atoms with Gasteiger partial charge in [0.2, 0.25) is 0 Å². The molecule has 22 heavy (non-hydrogen) atoms. The standard InChI is InChI=1S/C19H16ClP.BrH/c20-18-13-11-17(12-14-18)19(21,15-7-3-1-4-8-15)16-9-5-2-6-10-16;/h1-14H,21H2;1H. The van der Waals surface area contributed by atoms with Gasteiger partial charge in [-0.1, -0.05) is 84.4 Å². The summed E-state index contributed by atoms with van der Waals surface area (Å²) in [5, 5.41) is 0.486. The number of halogens is 2. The third-order valence-corrected chi connectivity index (χ3v) is 5.01. The fraction of sp³-hybridized carbons (Fsp3) is 0.0526. The summed E-state index contributed by atoms with van der Waals surface area (Å²) < 4.78 is 0. The fourth-order valence-electron chi connectivity index (χ4n) is 2.61. The summed E-state index contributed by atoms with van der Waals surface area (Å²) in [6, 6.07) is 29.1. The van der Waals surface area contributed by atoms with Crippen molar-refractivity contribution in [2.75, 3.05) is 0 Å². The largest absolute Gasteiger partial charge is 0.117 e. The van der Waals surface area contributed by atoms with Crippen LogP contribution in [-0.4, -0.2) is 0 Å². The minimum atomic E-state index is -0.271. The van der Waals surface area contributed by atoms with Crippen molar-refractivity contribution in [1.29, 1.82) is 0 Å². The molecule has 1 atom stereocenters. The van der Waals surface area contributed by atoms with Crippen molar-refractivity contribution in [3.63, 3.8) is 0 Å². The second kappa shape index (κ2) is 7.42. The molecule has 0 aliphatic rings. The van der Waals surface area contributed by atoms with E-state index in [0.29, 0.717) is 0 Å². The highest BCUT2D eigenvalue weighted by atomic mass is 79.9. The highest BCUT2D eigenvalue weighted by Crippen LogP contribution is 2.44. The van der Waals surface area contributed by atoms with E-state index in [2.05, 4.69) is 69.9 Å². The summed E-state index contributed by atoms with van der Waals surface area (Å²) >= 11 is 6.05. The minimum absolute atomic E-state index is 0. The quantitative estimate of drug-likeness (QED) is 0.375. The Morgan fingerprint density at radius 1 is 0.591 bits per heavy atom. The second-order valence-corrected chi connectivity index (χ2v) is 6.35. The maximum Gasteiger partial charge on any atom is 0.0591 e. The van der Waals surface area contributed by atoms with Crippen molar-refractivity contribution < 1.29 is 0 Å². The van der Waals surface area contributed by atoms with E-state index in [9.17, 15) is 0 Å². The average Bonchev–Trinajstić information content (AvgIpc) is 2.56. The van der Waals surface area contributed by atoms with Gasteiger partial charge in [-0.05, 0) is 28.8 Å². The van der Waals surface area contributed by atoms with Crippen LogP contribution in [-0.2, 0) is 5.16 Å². The zero-order valence-electron chi connectivity index (χ0n) is 11.9. The average molecular weight is 392 g/mol. The number of rotatable bonds is 3. The number of hydrogen-bond donors (Lipinski definition) is 0. The monoisotopic (exact) mass is 390 g/mol. The summed E-state index contributed by atoms with van der Waals surface area (Å²) in [5.41, 5.74) is 3.68. The molecule has 0 spiro atoms. The predicted molar refractivity (Wildman–Crippen MR) is 104 cm³/mol. The molecule has 0 saturated carbocycles. The lowest BCUT2D eigenvalue weighted by Crippen LogP contribution is -2.21. The fourth-order valence-corrected chi connectivity index (χ4v) is 3.32. The van der Waals surface area contributed by atoms with E-state index in [1.807, 2.05) is 24.3 Å². The molecular weight excluding hydrogens is 375 g/mol. The van der Waals surface area contributed by atoms with E-state index in [1.54, 1.807) is 0 Å². The summed E-state index contributed by atoms with van der Waals surface area (Å²) in [6.45, 7) is 0. The molecule has 0 radical (unpaired) electrons. The maximum absolute atomic E-state index is 6.05. The van der Waals surface area contributed by atoms with Crippen molar-refractivity contribution in [2.45, 2.75) is 5.16 Å². The van der Waals surface area contributed by atoms with Gasteiger partial charge in [0.25, 0.3) is 0 Å². The molecule has 0 saturated heterocycles. The van der Waals surface area contributed by atoms with Crippen molar-refractivity contribution in [3.8, 4) is 0 Å². The molecule has 0 heterocycles. The van der Waals surface area contributed by atoms with E-state index in [4.69, 9.17) is 11.6 Å². The normalized spacial score (nSPS) is 10.8. The molecule has 0 N–H and O–H groups in total. The molecule has 0 amide bonds. The van der Waals surface area contributed by atoms with Gasteiger partial charge in [0, 0.05) is 5.02 Å². The number of benzene rings is 3. The summed E-state index contributed by atoms with van der Waals surface area (Å²) in [4.78, 5) is 0. The van der Waals surface area contributed by atoms with Gasteiger partial charge in [0.05, 0.1) is 5.16 Å². The van der Waals surface area contributed by atoms with E-state index in [1.165, 1.54) is 16.7 Å². The van der Waals surface area contributed by atoms with E-state index < -0.39 is 0 Å². The van der Waals surface area contributed by atoms with Gasteiger partial charge in [-0.3, -0.25) is 0 Å². The first-order valence-electron chi connectivity index (χ1n) is 6.87. The van der Waals surface area contributed by atoms with Gasteiger partial charge >= 0.3 is 0 Å². The highest BCUT2D eigenvalue weighted by molar-refractivity contribution is 8.93. The zero-order chi connectivity index (χ0) is 14.7. The summed E-state index contributed by atoms with van der Waals surface area (Å²) in [5.74, 6) is 0. The van der Waals surface area contributed by atoms with Crippen LogP contribution in [0.3, 0.4) is 0 Å². The minimum Gasteiger partial charge on any atom is -0.117 e. The molecule has 1 unspecified atom stereocenters. The van der Waals surface area contributed by atoms with Crippen LogP contribution >= 0.6 is 37.8 Å². The Hall–Kier alpha value is -1.14. The highest BCUT2D eigenvalue weighted by Gasteiger charge is 2.30. The molecule has 3 aromatic rings. The molecule has 3 rings (SSSR count). The Morgan fingerprint density at radius 3 is 1.36 bits per heavy atom. The Labute approximate surface area is 149 Å². The zero-order valence-corrected chi connectivity index (χ0v) is 15.6. The molecule has 0 nitrogen and oxygen atoms in total. The molecule has 0 aliphatic heterocycles. The molecule has 0 bridgehead atoms. The molecular formula is C19H17BrClP. The Kier molecular flexibility index (Phi) is 5.81. The van der Waals surface area contributed by atoms with Crippen LogP contribution in [0.5, 0.6) is 0 Å². The Bertz CT molecular complexity index is 672. The van der Waals surface area contributed by atoms with E-state index >= 15 is 0 Å². The van der Waals surface area contributed by atoms with Crippen LogP contribution in [0.15, 0.2) is 84.9 Å². The maximum atomic E-state index is 6.05. The van der Waals surface area contributed by atoms with E-state index in [0.717, 1.165) is 5.02 Å². The lowest BCUT2D eigenvalue weighted by Gasteiger charge is -2.31. The van der Waals surface area contributed by atoms with Crippen molar-refractivity contribution >= 4 is 37.8 Å². The molecule has 3 aromatic carbocycles. The van der Waals surface area contributed by atoms with Crippen LogP contribution in [0.2, 0.25) is 5.02 Å². The van der Waals surface area contributed by atoms with Crippen molar-refractivity contribution in [1.82, 2.24) is 0 Å². The molecule has 3 heteroatoms. The molecule has 112 valence electrons. The first kappa shape index (κ1) is 17.2. The smallest absolute Gasteiger partial charge is 0.0591 e. The topological polar surface area (TPSA) is 0 Å². The van der Waals surface area contributed by atoms with E-state index in [-0.39, 0.29) is 22.1 Å². The van der Waals surface area contributed by atoms with Gasteiger partial charge in [-0.15, -0.1) is 26.2 Å². The van der Waals surface area contributed by atoms with Gasteiger partial charge in [0.1, 0.15) is 0 Å². The van der Waals surface area contributed by atoms with Crippen LogP contribution in [0.1, 0.15) is 16.7 Å². The Morgan fingerprint density at radius 2 is 0.955 bits per heavy atom. The molecule has 0 aliphatic carbocycles. The van der Waals surface area contributed by atoms with Crippen LogP contribution in [0.4, 0.5) is 0 Å². The predicted octanol–water partition coefficient (Wildman–Crippen LogP) is 6.08. The van der Waals surface area contributed by atoms with Crippen molar-refractivity contribution in [2.24, 2.45) is 0 Å². The third-order valence-electron chi connectivity index (χ3n) is 3.76. The lowest BCUT2D eigenvalue weighted by atomic mass is 9.84. The molecule has 0 fully saturated rings. The first-order valence-corrected chi connectivity index (χ1v) is 7.83. The lowest BCUT2D eigenvalue weighted by molar-refractivity contribution is 0.897. The van der Waals surface area contributed by atoms with Gasteiger partial charge in [-0.2, -0.15) is 0 Å². The van der Waals surface area contributed by atoms with Crippen LogP contribution < -0.4 is 0 Å². The van der Waals surface area contributed by atoms with Crippen LogP contribution in [0.25, 0.3) is 0 Å². The second-order valence-electron chi connectivity index (χ2n) is 5.05. The van der Waals surface area contributed by atoms with Gasteiger partial charge in [0.15, 0.2) is 0 Å². The third kappa shape index (κ3) is 3.27. The number of hydrogen-bond acceptors (Lipinski definition) is 0. The van der Waals surface area contributed by atoms with Crippen molar-refractivity contribution in [3.05, 3.63) is 107 Å². The Balaban J connectivity index is 0.00000176.